The average molecular weight is 745 g/mol. The first-order chi connectivity index (χ1) is 28.7. The van der Waals surface area contributed by atoms with Crippen molar-refractivity contribution < 1.29 is 17.7 Å². The van der Waals surface area contributed by atoms with Gasteiger partial charge >= 0.3 is 0 Å². The number of para-hydroxylation sites is 2. The van der Waals surface area contributed by atoms with Crippen molar-refractivity contribution >= 4 is 87.9 Å². The molecule has 0 amide bonds. The molecule has 13 aromatic rings. The number of furan rings is 4. The molecule has 0 radical (unpaired) electrons. The van der Waals surface area contributed by atoms with Gasteiger partial charge in [-0.3, -0.25) is 0 Å². The Kier molecular flexibility index (Phi) is 6.35. The molecule has 0 atom stereocenters. The predicted molar refractivity (Wildman–Crippen MR) is 233 cm³/mol. The molecule has 0 aliphatic rings. The summed E-state index contributed by atoms with van der Waals surface area (Å²) >= 11 is 0. The highest BCUT2D eigenvalue weighted by Crippen LogP contribution is 2.45. The summed E-state index contributed by atoms with van der Waals surface area (Å²) in [6.07, 6.45) is 0. The van der Waals surface area contributed by atoms with Crippen LogP contribution in [0.1, 0.15) is 0 Å². The van der Waals surface area contributed by atoms with Gasteiger partial charge < -0.3 is 17.7 Å². The van der Waals surface area contributed by atoms with E-state index in [0.717, 1.165) is 121 Å². The van der Waals surface area contributed by atoms with E-state index in [0.29, 0.717) is 11.5 Å². The second-order valence-corrected chi connectivity index (χ2v) is 14.8. The molecule has 0 aliphatic heterocycles. The van der Waals surface area contributed by atoms with Gasteiger partial charge in [-0.15, -0.1) is 0 Å². The third kappa shape index (κ3) is 4.48. The summed E-state index contributed by atoms with van der Waals surface area (Å²) < 4.78 is 25.9. The smallest absolute Gasteiger partial charge is 0.231 e. The van der Waals surface area contributed by atoms with Crippen LogP contribution < -0.4 is 0 Å². The van der Waals surface area contributed by atoms with Crippen LogP contribution in [0.25, 0.3) is 133 Å². The topological polar surface area (TPSA) is 78.3 Å². The Labute approximate surface area is 329 Å². The summed E-state index contributed by atoms with van der Waals surface area (Å²) in [6, 6.07) is 58.0. The van der Waals surface area contributed by atoms with Gasteiger partial charge in [0.25, 0.3) is 0 Å². The van der Waals surface area contributed by atoms with E-state index in [4.69, 9.17) is 27.6 Å². The molecule has 0 fully saturated rings. The minimum atomic E-state index is 0.508. The Hall–Kier alpha value is -7.96. The van der Waals surface area contributed by atoms with Crippen molar-refractivity contribution in [3.05, 3.63) is 170 Å². The van der Waals surface area contributed by atoms with Crippen LogP contribution in [0, 0.1) is 0 Å². The van der Waals surface area contributed by atoms with Crippen molar-refractivity contribution in [3.63, 3.8) is 0 Å². The van der Waals surface area contributed by atoms with Gasteiger partial charge in [-0.1, -0.05) is 115 Å². The second-order valence-electron chi connectivity index (χ2n) is 14.8. The van der Waals surface area contributed by atoms with E-state index < -0.39 is 0 Å². The Morgan fingerprint density at radius 2 is 0.793 bits per heavy atom. The van der Waals surface area contributed by atoms with Crippen LogP contribution in [0.2, 0.25) is 0 Å². The van der Waals surface area contributed by atoms with Gasteiger partial charge in [-0.05, 0) is 76.9 Å². The van der Waals surface area contributed by atoms with Crippen LogP contribution in [0.15, 0.2) is 188 Å². The van der Waals surface area contributed by atoms with Gasteiger partial charge in [0.1, 0.15) is 39.1 Å². The van der Waals surface area contributed by atoms with Crippen LogP contribution >= 0.6 is 0 Å². The van der Waals surface area contributed by atoms with E-state index in [1.807, 2.05) is 72.8 Å². The minimum Gasteiger partial charge on any atom is -0.456 e. The molecule has 13 rings (SSSR count). The Morgan fingerprint density at radius 1 is 0.293 bits per heavy atom. The Bertz CT molecular complexity index is 3810. The molecule has 0 saturated carbocycles. The van der Waals surface area contributed by atoms with E-state index in [1.54, 1.807) is 0 Å². The third-order valence-corrected chi connectivity index (χ3v) is 11.5. The quantitative estimate of drug-likeness (QED) is 0.179. The van der Waals surface area contributed by atoms with Gasteiger partial charge in [0, 0.05) is 48.8 Å². The zero-order valence-electron chi connectivity index (χ0n) is 30.7. The molecule has 0 N–H and O–H groups in total. The number of hydrogen-bond acceptors (Lipinski definition) is 6. The SMILES string of the molecule is c1ccc(-c2ccc3oc4nc(-c5cccc6oc7ccccc7c56)nc(-c5cccc6oc7ccc(-c8cccc9oc%10ccccc%10c89)cc7c56)c4c3c2)cc1. The fourth-order valence-corrected chi connectivity index (χ4v) is 8.97. The van der Waals surface area contributed by atoms with E-state index in [-0.39, 0.29) is 0 Å². The first-order valence-electron chi connectivity index (χ1n) is 19.3. The van der Waals surface area contributed by atoms with Crippen molar-refractivity contribution in [3.8, 4) is 44.9 Å². The Morgan fingerprint density at radius 3 is 1.50 bits per heavy atom. The lowest BCUT2D eigenvalue weighted by Gasteiger charge is -2.10. The fraction of sp³-hybridized carbons (Fsp3) is 0. The molecule has 5 aromatic heterocycles. The molecule has 0 bridgehead atoms. The molecule has 5 heterocycles. The van der Waals surface area contributed by atoms with Crippen molar-refractivity contribution in [1.82, 2.24) is 9.97 Å². The fourth-order valence-electron chi connectivity index (χ4n) is 8.97. The highest BCUT2D eigenvalue weighted by molar-refractivity contribution is 6.20. The van der Waals surface area contributed by atoms with Crippen molar-refractivity contribution in [1.29, 1.82) is 0 Å². The summed E-state index contributed by atoms with van der Waals surface area (Å²) in [6.45, 7) is 0. The maximum absolute atomic E-state index is 6.67. The van der Waals surface area contributed by atoms with Gasteiger partial charge in [0.05, 0.1) is 11.1 Å². The molecule has 0 saturated heterocycles. The number of benzene rings is 8. The molecule has 0 aliphatic carbocycles. The van der Waals surface area contributed by atoms with Gasteiger partial charge in [-0.25, -0.2) is 4.98 Å². The molecule has 6 nitrogen and oxygen atoms in total. The van der Waals surface area contributed by atoms with Crippen molar-refractivity contribution in [2.45, 2.75) is 0 Å². The largest absolute Gasteiger partial charge is 0.456 e. The number of rotatable bonds is 4. The number of hydrogen-bond donors (Lipinski definition) is 0. The minimum absolute atomic E-state index is 0.508. The van der Waals surface area contributed by atoms with E-state index in [1.165, 1.54) is 0 Å². The monoisotopic (exact) mass is 744 g/mol. The van der Waals surface area contributed by atoms with Gasteiger partial charge in [0.15, 0.2) is 5.82 Å². The van der Waals surface area contributed by atoms with Crippen LogP contribution in [0.4, 0.5) is 0 Å². The standard InChI is InChI=1S/C52H28N2O4/c1-2-11-29(12-3-1)30-23-25-42-38(27-30)49-50(53-51(54-52(49)58-42)36-17-10-22-44-47(36)34-14-5-7-19-40(34)56-44)35-16-9-21-45-48(35)37-28-31(24-26-41(37)57-45)32-15-8-20-43-46(32)33-13-4-6-18-39(33)55-43/h1-28H. The molecular formula is C52H28N2O4. The molecule has 6 heteroatoms. The highest BCUT2D eigenvalue weighted by atomic mass is 16.3. The van der Waals surface area contributed by atoms with Gasteiger partial charge in [0.2, 0.25) is 5.71 Å². The summed E-state index contributed by atoms with van der Waals surface area (Å²) in [5.74, 6) is 0.547. The van der Waals surface area contributed by atoms with Crippen LogP contribution in [0.3, 0.4) is 0 Å². The predicted octanol–water partition coefficient (Wildman–Crippen LogP) is 14.7. The first-order valence-corrected chi connectivity index (χ1v) is 19.3. The molecular weight excluding hydrogens is 717 g/mol. The number of aromatic nitrogens is 2. The number of nitrogens with zero attached hydrogens (tertiary/aromatic N) is 2. The summed E-state index contributed by atoms with van der Waals surface area (Å²) in [7, 11) is 0. The molecule has 270 valence electrons. The molecule has 8 aromatic carbocycles. The summed E-state index contributed by atoms with van der Waals surface area (Å²) in [5, 5.41) is 7.88. The zero-order valence-corrected chi connectivity index (χ0v) is 30.7. The van der Waals surface area contributed by atoms with Crippen LogP contribution in [0.5, 0.6) is 0 Å². The van der Waals surface area contributed by atoms with E-state index in [2.05, 4.69) is 97.1 Å². The lowest BCUT2D eigenvalue weighted by molar-refractivity contribution is 0.653. The zero-order chi connectivity index (χ0) is 37.9. The van der Waals surface area contributed by atoms with Crippen LogP contribution in [-0.2, 0) is 0 Å². The third-order valence-electron chi connectivity index (χ3n) is 11.5. The molecule has 0 unspecified atom stereocenters. The van der Waals surface area contributed by atoms with Crippen molar-refractivity contribution in [2.75, 3.05) is 0 Å². The summed E-state index contributed by atoms with van der Waals surface area (Å²) in [5.41, 5.74) is 13.0. The number of fused-ring (bicyclic) bond motifs is 12. The first kappa shape index (κ1) is 31.3. The lowest BCUT2D eigenvalue weighted by atomic mass is 9.95. The lowest BCUT2D eigenvalue weighted by Crippen LogP contribution is -1.95. The maximum atomic E-state index is 6.67. The second kappa shape index (κ2) is 11.8. The summed E-state index contributed by atoms with van der Waals surface area (Å²) in [4.78, 5) is 10.7. The van der Waals surface area contributed by atoms with Gasteiger partial charge in [-0.2, -0.15) is 4.98 Å². The average Bonchev–Trinajstić information content (AvgIpc) is 4.05. The molecule has 58 heavy (non-hydrogen) atoms. The highest BCUT2D eigenvalue weighted by Gasteiger charge is 2.24. The maximum Gasteiger partial charge on any atom is 0.231 e. The normalized spacial score (nSPS) is 12.1. The van der Waals surface area contributed by atoms with Crippen molar-refractivity contribution in [2.24, 2.45) is 0 Å². The molecule has 0 spiro atoms. The van der Waals surface area contributed by atoms with E-state index >= 15 is 0 Å². The van der Waals surface area contributed by atoms with Crippen LogP contribution in [-0.4, -0.2) is 9.97 Å². The van der Waals surface area contributed by atoms with E-state index in [9.17, 15) is 0 Å². The Balaban J connectivity index is 1.12.